The minimum Gasteiger partial charge on any atom is -0.332 e. The van der Waals surface area contributed by atoms with Gasteiger partial charge in [-0.2, -0.15) is 0 Å². The van der Waals surface area contributed by atoms with E-state index in [1.807, 2.05) is 32.9 Å². The zero-order valence-electron chi connectivity index (χ0n) is 13.6. The minimum atomic E-state index is -3.09. The highest BCUT2D eigenvalue weighted by Gasteiger charge is 2.29. The van der Waals surface area contributed by atoms with Gasteiger partial charge in [-0.3, -0.25) is 4.79 Å². The van der Waals surface area contributed by atoms with Gasteiger partial charge in [0.05, 0.1) is 10.6 Å². The van der Waals surface area contributed by atoms with Crippen molar-refractivity contribution in [1.29, 1.82) is 0 Å². The lowest BCUT2D eigenvalue weighted by atomic mass is 10.1. The van der Waals surface area contributed by atoms with Gasteiger partial charge in [-0.05, 0) is 38.8 Å². The summed E-state index contributed by atoms with van der Waals surface area (Å²) in [4.78, 5) is 16.2. The summed E-state index contributed by atoms with van der Waals surface area (Å²) in [6, 6.07) is 3.81. The maximum Gasteiger partial charge on any atom is 0.264 e. The lowest BCUT2D eigenvalue weighted by Crippen LogP contribution is -2.47. The molecule has 0 saturated heterocycles. The van der Waals surface area contributed by atoms with Crippen molar-refractivity contribution in [1.82, 2.24) is 4.90 Å². The summed E-state index contributed by atoms with van der Waals surface area (Å²) < 4.78 is 22.8. The van der Waals surface area contributed by atoms with Crippen LogP contribution in [0.1, 0.15) is 55.1 Å². The van der Waals surface area contributed by atoms with E-state index in [0.717, 1.165) is 4.88 Å². The third-order valence-corrected chi connectivity index (χ3v) is 5.45. The molecule has 0 radical (unpaired) electrons. The molecule has 120 valence electrons. The maximum atomic E-state index is 12.7. The largest absolute Gasteiger partial charge is 0.332 e. The molecule has 0 aromatic carbocycles. The van der Waals surface area contributed by atoms with Crippen molar-refractivity contribution in [2.24, 2.45) is 0 Å². The molecule has 1 aromatic rings. The fourth-order valence-corrected chi connectivity index (χ4v) is 3.38. The van der Waals surface area contributed by atoms with Crippen LogP contribution in [0.25, 0.3) is 0 Å². The first-order chi connectivity index (χ1) is 9.42. The van der Waals surface area contributed by atoms with E-state index in [1.165, 1.54) is 17.6 Å². The van der Waals surface area contributed by atoms with E-state index in [-0.39, 0.29) is 18.2 Å². The lowest BCUT2D eigenvalue weighted by molar-refractivity contribution is 0.0606. The summed E-state index contributed by atoms with van der Waals surface area (Å²) in [5.74, 6) is 0.275. The van der Waals surface area contributed by atoms with Gasteiger partial charge in [0.2, 0.25) is 0 Å². The molecular weight excluding hydrogens is 306 g/mol. The molecule has 1 amide bonds. The van der Waals surface area contributed by atoms with Crippen LogP contribution >= 0.6 is 11.3 Å². The lowest BCUT2D eigenvalue weighted by Gasteiger charge is -2.35. The highest BCUT2D eigenvalue weighted by Crippen LogP contribution is 2.27. The average molecular weight is 332 g/mol. The third-order valence-electron chi connectivity index (χ3n) is 3.15. The van der Waals surface area contributed by atoms with Gasteiger partial charge < -0.3 is 4.90 Å². The molecule has 0 aliphatic rings. The Morgan fingerprint density at radius 2 is 1.86 bits per heavy atom. The van der Waals surface area contributed by atoms with E-state index in [9.17, 15) is 13.2 Å². The van der Waals surface area contributed by atoms with Crippen LogP contribution in [-0.2, 0) is 9.84 Å². The Hall–Kier alpha value is -0.880. The first-order valence-electron chi connectivity index (χ1n) is 7.01. The summed E-state index contributed by atoms with van der Waals surface area (Å²) in [6.45, 7) is 10.2. The van der Waals surface area contributed by atoms with Gasteiger partial charge >= 0.3 is 0 Å². The molecule has 1 aromatic heterocycles. The highest BCUT2D eigenvalue weighted by atomic mass is 32.2. The molecular formula is C15H25NO3S2. The molecule has 1 heterocycles. The van der Waals surface area contributed by atoms with Gasteiger partial charge in [0.25, 0.3) is 5.91 Å². The molecule has 0 aliphatic carbocycles. The number of carbonyl (C=O) groups excluding carboxylic acids is 1. The van der Waals surface area contributed by atoms with E-state index < -0.39 is 15.4 Å². The maximum absolute atomic E-state index is 12.7. The third kappa shape index (κ3) is 5.43. The molecule has 1 rings (SSSR count). The normalized spacial score (nSPS) is 12.7. The molecule has 0 saturated carbocycles. The predicted octanol–water partition coefficient (Wildman–Crippen LogP) is 3.16. The van der Waals surface area contributed by atoms with Gasteiger partial charge in [-0.1, -0.05) is 13.8 Å². The molecule has 0 bridgehead atoms. The summed E-state index contributed by atoms with van der Waals surface area (Å²) in [5, 5.41) is 0. The molecule has 0 N–H and O–H groups in total. The van der Waals surface area contributed by atoms with Gasteiger partial charge in [-0.25, -0.2) is 8.42 Å². The van der Waals surface area contributed by atoms with Gasteiger partial charge in [0.1, 0.15) is 9.84 Å². The number of hydrogen-bond donors (Lipinski definition) is 0. The molecule has 6 heteroatoms. The van der Waals surface area contributed by atoms with Crippen molar-refractivity contribution in [3.63, 3.8) is 0 Å². The summed E-state index contributed by atoms with van der Waals surface area (Å²) in [7, 11) is -3.09. The Kier molecular flexibility index (Phi) is 5.61. The molecule has 21 heavy (non-hydrogen) atoms. The van der Waals surface area contributed by atoms with E-state index >= 15 is 0 Å². The van der Waals surface area contributed by atoms with Crippen molar-refractivity contribution < 1.29 is 13.2 Å². The Morgan fingerprint density at radius 1 is 1.29 bits per heavy atom. The number of amides is 1. The zero-order valence-corrected chi connectivity index (χ0v) is 15.3. The minimum absolute atomic E-state index is 0.0155. The number of carbonyl (C=O) groups is 1. The number of rotatable bonds is 5. The smallest absolute Gasteiger partial charge is 0.264 e. The average Bonchev–Trinajstić information content (AvgIpc) is 2.74. The van der Waals surface area contributed by atoms with Crippen molar-refractivity contribution in [2.75, 3.05) is 18.6 Å². The standard InChI is InChI=1S/C15H25NO3S2/c1-11(2)12-7-8-13(20-12)14(17)16(15(3,4)5)9-10-21(6,18)19/h7-8,11H,9-10H2,1-6H3. The number of hydrogen-bond acceptors (Lipinski definition) is 4. The van der Waals surface area contributed by atoms with E-state index in [1.54, 1.807) is 4.90 Å². The van der Waals surface area contributed by atoms with Crippen LogP contribution < -0.4 is 0 Å². The topological polar surface area (TPSA) is 54.5 Å². The fraction of sp³-hybridized carbons (Fsp3) is 0.667. The number of sulfone groups is 1. The van der Waals surface area contributed by atoms with Crippen LogP contribution in [0.15, 0.2) is 12.1 Å². The Morgan fingerprint density at radius 3 is 2.24 bits per heavy atom. The van der Waals surface area contributed by atoms with E-state index in [2.05, 4.69) is 13.8 Å². The van der Waals surface area contributed by atoms with Crippen LogP contribution in [0.3, 0.4) is 0 Å². The zero-order chi connectivity index (χ0) is 16.4. The Bertz CT molecular complexity index is 595. The second-order valence-electron chi connectivity index (χ2n) is 6.61. The molecule has 0 spiro atoms. The van der Waals surface area contributed by atoms with Gasteiger partial charge in [-0.15, -0.1) is 11.3 Å². The monoisotopic (exact) mass is 331 g/mol. The van der Waals surface area contributed by atoms with Crippen molar-refractivity contribution in [3.05, 3.63) is 21.9 Å². The Balaban J connectivity index is 2.99. The fourth-order valence-electron chi connectivity index (χ4n) is 1.91. The molecule has 0 atom stereocenters. The SMILES string of the molecule is CC(C)c1ccc(C(=O)N(CCS(C)(=O)=O)C(C)(C)C)s1. The summed E-state index contributed by atoms with van der Waals surface area (Å²) >= 11 is 1.49. The summed E-state index contributed by atoms with van der Waals surface area (Å²) in [6.07, 6.45) is 1.19. The number of thiophene rings is 1. The first kappa shape index (κ1) is 18.2. The van der Waals surface area contributed by atoms with Crippen LogP contribution in [0.2, 0.25) is 0 Å². The van der Waals surface area contributed by atoms with E-state index in [4.69, 9.17) is 0 Å². The van der Waals surface area contributed by atoms with Crippen molar-refractivity contribution in [3.8, 4) is 0 Å². The quantitative estimate of drug-likeness (QED) is 0.833. The predicted molar refractivity (Wildman–Crippen MR) is 88.9 cm³/mol. The second kappa shape index (κ2) is 6.48. The molecule has 4 nitrogen and oxygen atoms in total. The van der Waals surface area contributed by atoms with Crippen molar-refractivity contribution >= 4 is 27.1 Å². The second-order valence-corrected chi connectivity index (χ2v) is 9.99. The van der Waals surface area contributed by atoms with Crippen LogP contribution in [0.5, 0.6) is 0 Å². The van der Waals surface area contributed by atoms with Crippen LogP contribution in [0, 0.1) is 0 Å². The molecule has 0 unspecified atom stereocenters. The van der Waals surface area contributed by atoms with Crippen molar-refractivity contribution in [2.45, 2.75) is 46.1 Å². The Labute approximate surface area is 132 Å². The van der Waals surface area contributed by atoms with Crippen LogP contribution in [-0.4, -0.2) is 43.3 Å². The number of nitrogens with zero attached hydrogens (tertiary/aromatic N) is 1. The van der Waals surface area contributed by atoms with Crippen LogP contribution in [0.4, 0.5) is 0 Å². The molecule has 0 fully saturated rings. The van der Waals surface area contributed by atoms with Gasteiger partial charge in [0.15, 0.2) is 0 Å². The summed E-state index contributed by atoms with van der Waals surface area (Å²) in [5.41, 5.74) is -0.413. The van der Waals surface area contributed by atoms with Gasteiger partial charge in [0, 0.05) is 23.2 Å². The van der Waals surface area contributed by atoms with E-state index in [0.29, 0.717) is 10.8 Å². The molecule has 0 aliphatic heterocycles. The highest BCUT2D eigenvalue weighted by molar-refractivity contribution is 7.90. The first-order valence-corrected chi connectivity index (χ1v) is 9.89.